The predicted octanol–water partition coefficient (Wildman–Crippen LogP) is 1.48. The molecule has 0 aromatic carbocycles. The first-order valence-corrected chi connectivity index (χ1v) is 5.17. The number of hydrogen-bond donors (Lipinski definition) is 0. The van der Waals surface area contributed by atoms with Crippen LogP contribution in [-0.4, -0.2) is 23.3 Å². The zero-order valence-electron chi connectivity index (χ0n) is 9.29. The Morgan fingerprint density at radius 1 is 1.50 bits per heavy atom. The maximum atomic E-state index is 11.2. The third kappa shape index (κ3) is 3.52. The maximum Gasteiger partial charge on any atom is 0.330 e. The van der Waals surface area contributed by atoms with Crippen molar-refractivity contribution in [3.05, 3.63) is 22.3 Å². The largest absolute Gasteiger partial charge is 0.459 e. The summed E-state index contributed by atoms with van der Waals surface area (Å²) in [5, 5.41) is 9.40. The van der Waals surface area contributed by atoms with E-state index in [2.05, 4.69) is 4.84 Å². The molecule has 6 heteroatoms. The summed E-state index contributed by atoms with van der Waals surface area (Å²) in [5.74, 6) is -0.393. The van der Waals surface area contributed by atoms with E-state index in [4.69, 9.17) is 4.74 Å². The van der Waals surface area contributed by atoms with Crippen molar-refractivity contribution < 1.29 is 19.5 Å². The topological polar surface area (TPSA) is 78.7 Å². The van der Waals surface area contributed by atoms with E-state index in [1.165, 1.54) is 6.08 Å². The van der Waals surface area contributed by atoms with Crippen LogP contribution in [0.25, 0.3) is 0 Å². The number of esters is 1. The highest BCUT2D eigenvalue weighted by molar-refractivity contribution is 5.81. The van der Waals surface area contributed by atoms with Gasteiger partial charge >= 0.3 is 5.97 Å². The van der Waals surface area contributed by atoms with Gasteiger partial charge in [-0.3, -0.25) is 0 Å². The van der Waals surface area contributed by atoms with E-state index in [1.54, 1.807) is 13.0 Å². The molecule has 0 amide bonds. The molecular formula is C10H15NO5. The number of carbonyl (C=O) groups is 1. The number of hydrogen-bond acceptors (Lipinski definition) is 5. The van der Waals surface area contributed by atoms with E-state index in [0.717, 1.165) is 0 Å². The fraction of sp³-hybridized carbons (Fsp3) is 0.700. The van der Waals surface area contributed by atoms with E-state index in [-0.39, 0.29) is 12.0 Å². The molecule has 3 atom stereocenters. The Balaban J connectivity index is 2.43. The summed E-state index contributed by atoms with van der Waals surface area (Å²) in [7, 11) is 0. The van der Waals surface area contributed by atoms with E-state index in [0.29, 0.717) is 12.8 Å². The van der Waals surface area contributed by atoms with Gasteiger partial charge in [-0.15, -0.1) is 10.1 Å². The fourth-order valence-electron chi connectivity index (χ4n) is 1.85. The molecule has 1 rings (SSSR count). The first-order valence-electron chi connectivity index (χ1n) is 5.17. The molecule has 0 spiro atoms. The summed E-state index contributed by atoms with van der Waals surface area (Å²) in [6.45, 7) is 3.56. The van der Waals surface area contributed by atoms with Crippen LogP contribution in [0.15, 0.2) is 12.2 Å². The van der Waals surface area contributed by atoms with Gasteiger partial charge in [0.1, 0.15) is 12.2 Å². The Hall–Kier alpha value is -1.59. The van der Waals surface area contributed by atoms with Crippen LogP contribution in [0.2, 0.25) is 0 Å². The van der Waals surface area contributed by atoms with Crippen molar-refractivity contribution >= 4 is 5.97 Å². The summed E-state index contributed by atoms with van der Waals surface area (Å²) in [4.78, 5) is 25.9. The quantitative estimate of drug-likeness (QED) is 0.316. The van der Waals surface area contributed by atoms with E-state index in [1.807, 2.05) is 6.92 Å². The molecule has 3 unspecified atom stereocenters. The molecule has 1 aliphatic rings. The molecule has 0 aromatic heterocycles. The number of carbonyl (C=O) groups excluding carboxylic acids is 1. The fourth-order valence-corrected chi connectivity index (χ4v) is 1.85. The Morgan fingerprint density at radius 2 is 2.19 bits per heavy atom. The van der Waals surface area contributed by atoms with Gasteiger partial charge in [0.25, 0.3) is 5.09 Å². The highest BCUT2D eigenvalue weighted by Gasteiger charge is 2.35. The summed E-state index contributed by atoms with van der Waals surface area (Å²) < 4.78 is 5.11. The Labute approximate surface area is 93.3 Å². The van der Waals surface area contributed by atoms with Crippen molar-refractivity contribution in [2.24, 2.45) is 5.92 Å². The Morgan fingerprint density at radius 3 is 2.75 bits per heavy atom. The van der Waals surface area contributed by atoms with Gasteiger partial charge in [-0.1, -0.05) is 13.0 Å². The molecule has 1 fully saturated rings. The van der Waals surface area contributed by atoms with Gasteiger partial charge in [-0.05, 0) is 19.3 Å². The molecule has 0 aromatic rings. The molecular weight excluding hydrogens is 214 g/mol. The van der Waals surface area contributed by atoms with Gasteiger partial charge in [-0.25, -0.2) is 4.79 Å². The van der Waals surface area contributed by atoms with Crippen molar-refractivity contribution in [2.45, 2.75) is 38.9 Å². The molecule has 0 radical (unpaired) electrons. The van der Waals surface area contributed by atoms with Crippen molar-refractivity contribution in [1.82, 2.24) is 0 Å². The van der Waals surface area contributed by atoms with Crippen molar-refractivity contribution in [3.8, 4) is 0 Å². The van der Waals surface area contributed by atoms with Crippen LogP contribution in [0.5, 0.6) is 0 Å². The lowest BCUT2D eigenvalue weighted by atomic mass is 10.1. The highest BCUT2D eigenvalue weighted by Crippen LogP contribution is 2.30. The van der Waals surface area contributed by atoms with Gasteiger partial charge in [-0.2, -0.15) is 0 Å². The minimum atomic E-state index is -0.794. The van der Waals surface area contributed by atoms with Crippen LogP contribution < -0.4 is 0 Å². The summed E-state index contributed by atoms with van der Waals surface area (Å²) in [6.07, 6.45) is 3.13. The minimum absolute atomic E-state index is 0.0220. The smallest absolute Gasteiger partial charge is 0.330 e. The second kappa shape index (κ2) is 5.48. The van der Waals surface area contributed by atoms with Crippen LogP contribution in [-0.2, 0) is 14.4 Å². The number of allylic oxidation sites excluding steroid dienone is 1. The number of rotatable bonds is 4. The molecule has 1 aliphatic carbocycles. The Kier molecular flexibility index (Phi) is 4.28. The lowest BCUT2D eigenvalue weighted by molar-refractivity contribution is -0.769. The maximum absolute atomic E-state index is 11.2. The molecule has 0 bridgehead atoms. The number of ether oxygens (including phenoxy) is 1. The number of nitrogens with zero attached hydrogens (tertiary/aromatic N) is 1. The first kappa shape index (κ1) is 12.5. The lowest BCUT2D eigenvalue weighted by Crippen LogP contribution is -2.20. The van der Waals surface area contributed by atoms with Gasteiger partial charge in [0.05, 0.1) is 0 Å². The van der Waals surface area contributed by atoms with Crippen molar-refractivity contribution in [3.63, 3.8) is 0 Å². The van der Waals surface area contributed by atoms with Crippen LogP contribution >= 0.6 is 0 Å². The average molecular weight is 229 g/mol. The normalized spacial score (nSPS) is 29.2. The second-order valence-electron chi connectivity index (χ2n) is 3.88. The van der Waals surface area contributed by atoms with Gasteiger partial charge in [0, 0.05) is 12.5 Å². The third-order valence-electron chi connectivity index (χ3n) is 2.57. The van der Waals surface area contributed by atoms with Gasteiger partial charge < -0.3 is 9.57 Å². The molecule has 0 saturated heterocycles. The molecule has 0 N–H and O–H groups in total. The lowest BCUT2D eigenvalue weighted by Gasteiger charge is -2.11. The van der Waals surface area contributed by atoms with Crippen LogP contribution in [0.1, 0.15) is 26.7 Å². The van der Waals surface area contributed by atoms with Crippen molar-refractivity contribution in [2.75, 3.05) is 0 Å². The van der Waals surface area contributed by atoms with E-state index in [9.17, 15) is 14.9 Å². The predicted molar refractivity (Wildman–Crippen MR) is 55.0 cm³/mol. The molecule has 90 valence electrons. The summed E-state index contributed by atoms with van der Waals surface area (Å²) in [6, 6.07) is 0. The molecule has 0 heterocycles. The SMILES string of the molecule is C/C=C/C(=O)OC1CC(C)C(O[N+](=O)[O-])C1. The zero-order chi connectivity index (χ0) is 12.1. The van der Waals surface area contributed by atoms with Gasteiger partial charge in [0.15, 0.2) is 0 Å². The monoisotopic (exact) mass is 229 g/mol. The summed E-state index contributed by atoms with van der Waals surface area (Å²) in [5.41, 5.74) is 0. The van der Waals surface area contributed by atoms with Crippen LogP contribution in [0.4, 0.5) is 0 Å². The molecule has 16 heavy (non-hydrogen) atoms. The Bertz CT molecular complexity index is 302. The van der Waals surface area contributed by atoms with Crippen molar-refractivity contribution in [1.29, 1.82) is 0 Å². The second-order valence-corrected chi connectivity index (χ2v) is 3.88. The summed E-state index contributed by atoms with van der Waals surface area (Å²) >= 11 is 0. The van der Waals surface area contributed by atoms with Crippen LogP contribution in [0.3, 0.4) is 0 Å². The minimum Gasteiger partial charge on any atom is -0.459 e. The van der Waals surface area contributed by atoms with Gasteiger partial charge in [0.2, 0.25) is 0 Å². The standard InChI is InChI=1S/C10H15NO5/c1-3-4-10(12)15-8-5-7(2)9(6-8)16-11(13)14/h3-4,7-9H,5-6H2,1-2H3/b4-3+. The molecule has 0 aliphatic heterocycles. The molecule has 6 nitrogen and oxygen atoms in total. The molecule has 1 saturated carbocycles. The van der Waals surface area contributed by atoms with E-state index < -0.39 is 17.2 Å². The van der Waals surface area contributed by atoms with Crippen LogP contribution in [0, 0.1) is 16.0 Å². The highest BCUT2D eigenvalue weighted by atomic mass is 17.0. The zero-order valence-corrected chi connectivity index (χ0v) is 9.29. The first-order chi connectivity index (χ1) is 7.52. The average Bonchev–Trinajstić information content (AvgIpc) is 2.45. The van der Waals surface area contributed by atoms with E-state index >= 15 is 0 Å². The third-order valence-corrected chi connectivity index (χ3v) is 2.57.